The van der Waals surface area contributed by atoms with Crippen molar-refractivity contribution in [2.45, 2.75) is 37.6 Å². The number of hydrogen-bond acceptors (Lipinski definition) is 5. The first-order valence-electron chi connectivity index (χ1n) is 4.82. The molecule has 0 aliphatic carbocycles. The molecule has 2 aliphatic heterocycles. The van der Waals surface area contributed by atoms with Gasteiger partial charge in [0, 0.05) is 7.11 Å². The molecule has 2 rings (SSSR count). The van der Waals surface area contributed by atoms with Gasteiger partial charge in [0.1, 0.15) is 24.4 Å². The lowest BCUT2D eigenvalue weighted by Gasteiger charge is -2.18. The topological polar surface area (TPSA) is 57.2 Å². The molecule has 0 aromatic heterocycles. The molecule has 2 aliphatic rings. The molecule has 5 heteroatoms. The molecule has 5 atom stereocenters. The molecule has 0 spiro atoms. The van der Waals surface area contributed by atoms with Crippen molar-refractivity contribution in [3.05, 3.63) is 0 Å². The molecule has 0 saturated carbocycles. The highest BCUT2D eigenvalue weighted by atomic mass is 16.7. The van der Waals surface area contributed by atoms with Crippen LogP contribution >= 0.6 is 0 Å². The van der Waals surface area contributed by atoms with Gasteiger partial charge in [-0.3, -0.25) is 0 Å². The molecule has 1 N–H and O–H groups in total. The fourth-order valence-corrected chi connectivity index (χ4v) is 2.00. The summed E-state index contributed by atoms with van der Waals surface area (Å²) < 4.78 is 21.5. The van der Waals surface area contributed by atoms with Gasteiger partial charge in [-0.2, -0.15) is 0 Å². The second-order valence-electron chi connectivity index (χ2n) is 3.64. The van der Waals surface area contributed by atoms with Crippen LogP contribution in [0.15, 0.2) is 0 Å². The first-order valence-corrected chi connectivity index (χ1v) is 4.82. The van der Waals surface area contributed by atoms with E-state index in [-0.39, 0.29) is 24.4 Å². The van der Waals surface area contributed by atoms with Crippen LogP contribution in [0.25, 0.3) is 0 Å². The zero-order valence-corrected chi connectivity index (χ0v) is 8.38. The zero-order chi connectivity index (χ0) is 10.1. The summed E-state index contributed by atoms with van der Waals surface area (Å²) in [7, 11) is 1.64. The van der Waals surface area contributed by atoms with Crippen molar-refractivity contribution in [2.75, 3.05) is 20.3 Å². The molecule has 0 amide bonds. The van der Waals surface area contributed by atoms with Gasteiger partial charge in [-0.25, -0.2) is 0 Å². The Morgan fingerprint density at radius 1 is 1.21 bits per heavy atom. The van der Waals surface area contributed by atoms with E-state index in [0.717, 1.165) is 0 Å². The molecule has 14 heavy (non-hydrogen) atoms. The molecule has 0 radical (unpaired) electrons. The number of ether oxygens (including phenoxy) is 4. The highest BCUT2D eigenvalue weighted by molar-refractivity contribution is 4.95. The van der Waals surface area contributed by atoms with Gasteiger partial charge in [-0.05, 0) is 6.92 Å². The minimum absolute atomic E-state index is 0.0115. The number of aliphatic hydroxyl groups is 1. The molecular formula is C9H16O5. The van der Waals surface area contributed by atoms with Crippen molar-refractivity contribution in [3.8, 4) is 0 Å². The third kappa shape index (κ3) is 1.78. The quantitative estimate of drug-likeness (QED) is 0.629. The number of aliphatic hydroxyl groups excluding tert-OH is 1. The van der Waals surface area contributed by atoms with Gasteiger partial charge in [0.2, 0.25) is 0 Å². The summed E-state index contributed by atoms with van der Waals surface area (Å²) in [4.78, 5) is 0. The van der Waals surface area contributed by atoms with Crippen LogP contribution in [-0.2, 0) is 18.9 Å². The van der Waals surface area contributed by atoms with E-state index in [0.29, 0.717) is 13.2 Å². The van der Waals surface area contributed by atoms with Crippen LogP contribution in [0.3, 0.4) is 0 Å². The number of rotatable bonds is 3. The van der Waals surface area contributed by atoms with Crippen LogP contribution in [0.1, 0.15) is 6.92 Å². The van der Waals surface area contributed by atoms with E-state index in [1.165, 1.54) is 0 Å². The second kappa shape index (κ2) is 4.12. The minimum atomic E-state index is -0.785. The Morgan fingerprint density at radius 2 is 1.79 bits per heavy atom. The van der Waals surface area contributed by atoms with Crippen LogP contribution in [-0.4, -0.2) is 56.1 Å². The van der Waals surface area contributed by atoms with Gasteiger partial charge in [-0.15, -0.1) is 0 Å². The Labute approximate surface area is 82.9 Å². The van der Waals surface area contributed by atoms with Crippen molar-refractivity contribution >= 4 is 0 Å². The van der Waals surface area contributed by atoms with E-state index in [9.17, 15) is 0 Å². The van der Waals surface area contributed by atoms with Crippen LogP contribution in [0, 0.1) is 0 Å². The van der Waals surface area contributed by atoms with Crippen molar-refractivity contribution < 1.29 is 24.1 Å². The van der Waals surface area contributed by atoms with Crippen LogP contribution in [0.2, 0.25) is 0 Å². The normalized spacial score (nSPS) is 43.9. The fraction of sp³-hybridized carbons (Fsp3) is 1.00. The van der Waals surface area contributed by atoms with Gasteiger partial charge >= 0.3 is 0 Å². The van der Waals surface area contributed by atoms with E-state index in [1.54, 1.807) is 14.0 Å². The first kappa shape index (κ1) is 10.3. The Morgan fingerprint density at radius 3 is 2.36 bits per heavy atom. The lowest BCUT2D eigenvalue weighted by molar-refractivity contribution is -0.149. The summed E-state index contributed by atoms with van der Waals surface area (Å²) >= 11 is 0. The summed E-state index contributed by atoms with van der Waals surface area (Å²) in [6.07, 6.45) is -1.13. The number of hydrogen-bond donors (Lipinski definition) is 1. The molecule has 0 aromatic carbocycles. The van der Waals surface area contributed by atoms with E-state index < -0.39 is 6.29 Å². The maximum Gasteiger partial charge on any atom is 0.152 e. The van der Waals surface area contributed by atoms with E-state index in [4.69, 9.17) is 24.1 Å². The van der Waals surface area contributed by atoms with Crippen molar-refractivity contribution in [2.24, 2.45) is 0 Å². The molecule has 2 fully saturated rings. The maximum atomic E-state index is 9.09. The predicted octanol–water partition coefficient (Wildman–Crippen LogP) is -0.478. The van der Waals surface area contributed by atoms with Gasteiger partial charge < -0.3 is 24.1 Å². The maximum absolute atomic E-state index is 9.09. The highest BCUT2D eigenvalue weighted by Gasteiger charge is 2.48. The Hall–Kier alpha value is -0.200. The van der Waals surface area contributed by atoms with Gasteiger partial charge in [0.05, 0.1) is 13.2 Å². The summed E-state index contributed by atoms with van der Waals surface area (Å²) in [5.74, 6) is 0. The molecule has 2 saturated heterocycles. The summed E-state index contributed by atoms with van der Waals surface area (Å²) in [5, 5.41) is 9.09. The Kier molecular flexibility index (Phi) is 3.04. The average Bonchev–Trinajstić information content (AvgIpc) is 2.67. The average molecular weight is 204 g/mol. The minimum Gasteiger partial charge on any atom is -0.376 e. The van der Waals surface area contributed by atoms with Crippen molar-refractivity contribution in [3.63, 3.8) is 0 Å². The molecule has 5 nitrogen and oxygen atoms in total. The Balaban J connectivity index is 1.94. The van der Waals surface area contributed by atoms with Crippen molar-refractivity contribution in [1.82, 2.24) is 0 Å². The molecular weight excluding hydrogens is 188 g/mol. The second-order valence-corrected chi connectivity index (χ2v) is 3.64. The van der Waals surface area contributed by atoms with Gasteiger partial charge in [-0.1, -0.05) is 0 Å². The molecule has 1 unspecified atom stereocenters. The lowest BCUT2D eigenvalue weighted by atomic mass is 10.1. The van der Waals surface area contributed by atoms with Crippen molar-refractivity contribution in [1.29, 1.82) is 0 Å². The number of methoxy groups -OCH3 is 1. The predicted molar refractivity (Wildman–Crippen MR) is 46.8 cm³/mol. The SMILES string of the molecule is CO[C@@H]1CO[C@H]2[C@@H]1OC[C@H]2OC(C)O. The summed E-state index contributed by atoms with van der Waals surface area (Å²) in [6, 6.07) is 0. The molecule has 82 valence electrons. The summed E-state index contributed by atoms with van der Waals surface area (Å²) in [6.45, 7) is 2.57. The van der Waals surface area contributed by atoms with E-state index >= 15 is 0 Å². The van der Waals surface area contributed by atoms with Gasteiger partial charge in [0.25, 0.3) is 0 Å². The zero-order valence-electron chi connectivity index (χ0n) is 8.38. The van der Waals surface area contributed by atoms with Gasteiger partial charge in [0.15, 0.2) is 6.29 Å². The summed E-state index contributed by atoms with van der Waals surface area (Å²) in [5.41, 5.74) is 0. The monoisotopic (exact) mass is 204 g/mol. The van der Waals surface area contributed by atoms with Crippen LogP contribution < -0.4 is 0 Å². The van der Waals surface area contributed by atoms with E-state index in [2.05, 4.69) is 0 Å². The Bertz CT molecular complexity index is 196. The smallest absolute Gasteiger partial charge is 0.152 e. The van der Waals surface area contributed by atoms with Crippen LogP contribution in [0.4, 0.5) is 0 Å². The third-order valence-electron chi connectivity index (χ3n) is 2.64. The highest BCUT2D eigenvalue weighted by Crippen LogP contribution is 2.30. The molecule has 2 heterocycles. The standard InChI is InChI=1S/C9H16O5/c1-5(10)14-7-4-13-8-6(11-2)3-12-9(7)8/h5-10H,3-4H2,1-2H3/t5?,6-,7-,8-,9-/m1/s1. The van der Waals surface area contributed by atoms with Crippen LogP contribution in [0.5, 0.6) is 0 Å². The van der Waals surface area contributed by atoms with E-state index in [1.807, 2.05) is 0 Å². The molecule has 0 aromatic rings. The lowest BCUT2D eigenvalue weighted by Crippen LogP contribution is -2.35. The first-order chi connectivity index (χ1) is 6.72. The molecule has 0 bridgehead atoms. The third-order valence-corrected chi connectivity index (χ3v) is 2.64. The fourth-order valence-electron chi connectivity index (χ4n) is 2.00. The number of fused-ring (bicyclic) bond motifs is 1. The largest absolute Gasteiger partial charge is 0.376 e.